The van der Waals surface area contributed by atoms with Gasteiger partial charge in [-0.15, -0.1) is 0 Å². The number of piperazine rings is 1. The van der Waals surface area contributed by atoms with Crippen molar-refractivity contribution in [2.24, 2.45) is 0 Å². The van der Waals surface area contributed by atoms with Crippen LogP contribution in [0, 0.1) is 0 Å². The highest BCUT2D eigenvalue weighted by atomic mass is 16.4. The Hall–Kier alpha value is -3.32. The average Bonchev–Trinajstić information content (AvgIpc) is 3.20. The Balaban J connectivity index is 1.37. The Bertz CT molecular complexity index is 1030. The molecule has 0 aliphatic carbocycles. The molecule has 1 N–H and O–H groups in total. The van der Waals surface area contributed by atoms with Crippen molar-refractivity contribution in [3.63, 3.8) is 0 Å². The normalized spacial score (nSPS) is 14.7. The number of nitrogens with one attached hydrogen (secondary N) is 1. The second kappa shape index (κ2) is 8.36. The maximum Gasteiger partial charge on any atom is 0.291 e. The lowest BCUT2D eigenvalue weighted by Crippen LogP contribution is -2.44. The van der Waals surface area contributed by atoms with Crippen molar-refractivity contribution in [2.75, 3.05) is 43.4 Å². The molecule has 1 fully saturated rings. The summed E-state index contributed by atoms with van der Waals surface area (Å²) in [6.45, 7) is 4.39. The van der Waals surface area contributed by atoms with Crippen LogP contribution in [0.5, 0.6) is 0 Å². The second-order valence-corrected chi connectivity index (χ2v) is 7.22. The standard InChI is InChI=1S/C22H24N4O3/c1-24-12-14-25(15-13-24)18-7-5-17(6-8-18)23-22(28)20-10-9-19(29-20)16-26-11-3-2-4-21(26)27/h2-11H,12-16H2,1H3,(H,23,28). The molecule has 7 nitrogen and oxygen atoms in total. The summed E-state index contributed by atoms with van der Waals surface area (Å²) in [7, 11) is 2.13. The van der Waals surface area contributed by atoms with Crippen molar-refractivity contribution in [3.8, 4) is 0 Å². The number of anilines is 2. The van der Waals surface area contributed by atoms with Gasteiger partial charge in [-0.25, -0.2) is 0 Å². The third kappa shape index (κ3) is 4.57. The molecule has 150 valence electrons. The molecule has 4 rings (SSSR count). The van der Waals surface area contributed by atoms with E-state index in [0.717, 1.165) is 31.9 Å². The van der Waals surface area contributed by atoms with E-state index < -0.39 is 0 Å². The maximum atomic E-state index is 12.5. The van der Waals surface area contributed by atoms with Gasteiger partial charge in [0.25, 0.3) is 11.5 Å². The predicted molar refractivity (Wildman–Crippen MR) is 113 cm³/mol. The van der Waals surface area contributed by atoms with E-state index in [1.165, 1.54) is 10.6 Å². The van der Waals surface area contributed by atoms with Crippen LogP contribution < -0.4 is 15.8 Å². The molecule has 0 unspecified atom stereocenters. The van der Waals surface area contributed by atoms with Crippen molar-refractivity contribution < 1.29 is 9.21 Å². The molecule has 1 saturated heterocycles. The van der Waals surface area contributed by atoms with E-state index in [2.05, 4.69) is 22.2 Å². The van der Waals surface area contributed by atoms with Crippen LogP contribution in [-0.4, -0.2) is 48.6 Å². The van der Waals surface area contributed by atoms with Gasteiger partial charge in [0.15, 0.2) is 5.76 Å². The SMILES string of the molecule is CN1CCN(c2ccc(NC(=O)c3ccc(Cn4ccccc4=O)o3)cc2)CC1. The number of pyridine rings is 1. The number of carbonyl (C=O) groups is 1. The molecule has 0 radical (unpaired) electrons. The van der Waals surface area contributed by atoms with Gasteiger partial charge < -0.3 is 24.1 Å². The molecule has 7 heteroatoms. The zero-order valence-corrected chi connectivity index (χ0v) is 16.4. The summed E-state index contributed by atoms with van der Waals surface area (Å²) in [6, 6.07) is 16.1. The highest BCUT2D eigenvalue weighted by Gasteiger charge is 2.15. The highest BCUT2D eigenvalue weighted by Crippen LogP contribution is 2.20. The molecule has 3 aromatic rings. The fraction of sp³-hybridized carbons (Fsp3) is 0.273. The summed E-state index contributed by atoms with van der Waals surface area (Å²) in [5, 5.41) is 2.86. The number of aromatic nitrogens is 1. The Morgan fingerprint density at radius 3 is 2.48 bits per heavy atom. The number of furan rings is 1. The second-order valence-electron chi connectivity index (χ2n) is 7.22. The third-order valence-electron chi connectivity index (χ3n) is 5.10. The highest BCUT2D eigenvalue weighted by molar-refractivity contribution is 6.02. The summed E-state index contributed by atoms with van der Waals surface area (Å²) in [5.41, 5.74) is 1.75. The van der Waals surface area contributed by atoms with Crippen LogP contribution in [0.3, 0.4) is 0 Å². The van der Waals surface area contributed by atoms with Gasteiger partial charge in [-0.2, -0.15) is 0 Å². The molecule has 0 atom stereocenters. The lowest BCUT2D eigenvalue weighted by molar-refractivity contribution is 0.0994. The lowest BCUT2D eigenvalue weighted by atomic mass is 10.2. The third-order valence-corrected chi connectivity index (χ3v) is 5.10. The van der Waals surface area contributed by atoms with Crippen LogP contribution >= 0.6 is 0 Å². The minimum Gasteiger partial charge on any atom is -0.454 e. The zero-order valence-electron chi connectivity index (χ0n) is 16.4. The van der Waals surface area contributed by atoms with Crippen LogP contribution in [0.4, 0.5) is 11.4 Å². The topological polar surface area (TPSA) is 70.7 Å². The first-order chi connectivity index (χ1) is 14.1. The van der Waals surface area contributed by atoms with E-state index in [1.54, 1.807) is 30.5 Å². The van der Waals surface area contributed by atoms with Crippen molar-refractivity contribution in [2.45, 2.75) is 6.54 Å². The van der Waals surface area contributed by atoms with E-state index >= 15 is 0 Å². The smallest absolute Gasteiger partial charge is 0.291 e. The molecule has 0 spiro atoms. The van der Waals surface area contributed by atoms with E-state index in [-0.39, 0.29) is 23.8 Å². The van der Waals surface area contributed by atoms with Gasteiger partial charge in [0, 0.05) is 49.8 Å². The zero-order chi connectivity index (χ0) is 20.2. The van der Waals surface area contributed by atoms with E-state index in [9.17, 15) is 9.59 Å². The summed E-state index contributed by atoms with van der Waals surface area (Å²) in [6.07, 6.45) is 1.69. The van der Waals surface area contributed by atoms with Crippen LogP contribution in [0.25, 0.3) is 0 Å². The van der Waals surface area contributed by atoms with Gasteiger partial charge in [0.2, 0.25) is 0 Å². The number of hydrogen-bond donors (Lipinski definition) is 1. The molecule has 2 aromatic heterocycles. The maximum absolute atomic E-state index is 12.5. The van der Waals surface area contributed by atoms with Gasteiger partial charge in [-0.05, 0) is 49.5 Å². The van der Waals surface area contributed by atoms with Crippen molar-refractivity contribution >= 4 is 17.3 Å². The molecule has 1 aliphatic heterocycles. The molecular formula is C22H24N4O3. The predicted octanol–water partition coefficient (Wildman–Crippen LogP) is 2.49. The first-order valence-electron chi connectivity index (χ1n) is 9.67. The number of hydrogen-bond acceptors (Lipinski definition) is 5. The number of likely N-dealkylation sites (N-methyl/N-ethyl adjacent to an activating group) is 1. The van der Waals surface area contributed by atoms with Gasteiger partial charge in [-0.3, -0.25) is 9.59 Å². The number of carbonyl (C=O) groups excluding carboxylic acids is 1. The Labute approximate surface area is 169 Å². The van der Waals surface area contributed by atoms with Gasteiger partial charge >= 0.3 is 0 Å². The monoisotopic (exact) mass is 392 g/mol. The van der Waals surface area contributed by atoms with Crippen molar-refractivity contribution in [3.05, 3.63) is 82.7 Å². The van der Waals surface area contributed by atoms with Crippen molar-refractivity contribution in [1.29, 1.82) is 0 Å². The number of rotatable bonds is 5. The Morgan fingerprint density at radius 2 is 1.76 bits per heavy atom. The van der Waals surface area contributed by atoms with Crippen LogP contribution in [-0.2, 0) is 6.54 Å². The fourth-order valence-corrected chi connectivity index (χ4v) is 3.36. The molecule has 0 saturated carbocycles. The average molecular weight is 392 g/mol. The summed E-state index contributed by atoms with van der Waals surface area (Å²) in [4.78, 5) is 28.9. The minimum absolute atomic E-state index is 0.115. The number of amides is 1. The van der Waals surface area contributed by atoms with Crippen LogP contribution in [0.15, 0.2) is 70.0 Å². The van der Waals surface area contributed by atoms with Crippen LogP contribution in [0.2, 0.25) is 0 Å². The molecule has 1 aliphatic rings. The largest absolute Gasteiger partial charge is 0.454 e. The summed E-state index contributed by atoms with van der Waals surface area (Å²) < 4.78 is 7.15. The van der Waals surface area contributed by atoms with Crippen molar-refractivity contribution in [1.82, 2.24) is 9.47 Å². The van der Waals surface area contributed by atoms with E-state index in [1.807, 2.05) is 24.3 Å². The van der Waals surface area contributed by atoms with E-state index in [4.69, 9.17) is 4.42 Å². The quantitative estimate of drug-likeness (QED) is 0.722. The van der Waals surface area contributed by atoms with Gasteiger partial charge in [-0.1, -0.05) is 6.07 Å². The summed E-state index contributed by atoms with van der Waals surface area (Å²) in [5.74, 6) is 0.449. The van der Waals surface area contributed by atoms with Gasteiger partial charge in [0.1, 0.15) is 5.76 Å². The number of benzene rings is 1. The molecule has 1 aromatic carbocycles. The Kier molecular flexibility index (Phi) is 5.48. The molecule has 29 heavy (non-hydrogen) atoms. The first-order valence-corrected chi connectivity index (χ1v) is 9.67. The lowest BCUT2D eigenvalue weighted by Gasteiger charge is -2.34. The minimum atomic E-state index is -0.316. The Morgan fingerprint density at radius 1 is 1.00 bits per heavy atom. The fourth-order valence-electron chi connectivity index (χ4n) is 3.36. The molecule has 1 amide bonds. The van der Waals surface area contributed by atoms with Crippen LogP contribution in [0.1, 0.15) is 16.3 Å². The van der Waals surface area contributed by atoms with E-state index in [0.29, 0.717) is 11.4 Å². The van der Waals surface area contributed by atoms with Gasteiger partial charge in [0.05, 0.1) is 6.54 Å². The number of nitrogens with zero attached hydrogens (tertiary/aromatic N) is 3. The molecular weight excluding hydrogens is 368 g/mol. The first kappa shape index (κ1) is 19.0. The molecule has 0 bridgehead atoms. The summed E-state index contributed by atoms with van der Waals surface area (Å²) >= 11 is 0. The molecule has 3 heterocycles.